The van der Waals surface area contributed by atoms with Gasteiger partial charge < -0.3 is 15.0 Å². The van der Waals surface area contributed by atoms with Gasteiger partial charge in [-0.1, -0.05) is 15.9 Å². The fourth-order valence-corrected chi connectivity index (χ4v) is 3.54. The largest absolute Gasteiger partial charge is 0.376 e. The van der Waals surface area contributed by atoms with Crippen LogP contribution in [0, 0.1) is 5.92 Å². The smallest absolute Gasteiger partial charge is 0.201 e. The molecule has 1 aliphatic heterocycles. The molecule has 2 fully saturated rings. The normalized spacial score (nSPS) is 27.2. The molecule has 2 N–H and O–H groups in total. The van der Waals surface area contributed by atoms with Gasteiger partial charge in [0.15, 0.2) is 0 Å². The molecule has 0 bridgehead atoms. The molecule has 2 aromatic rings. The molecule has 19 heavy (non-hydrogen) atoms. The number of hydrogen-bond acceptors (Lipinski definition) is 3. The number of benzene rings is 1. The Morgan fingerprint density at radius 1 is 1.32 bits per heavy atom. The third-order valence-corrected chi connectivity index (χ3v) is 4.69. The molecule has 4 nitrogen and oxygen atoms in total. The summed E-state index contributed by atoms with van der Waals surface area (Å²) in [7, 11) is 0. The number of ether oxygens (including phenoxy) is 1. The summed E-state index contributed by atoms with van der Waals surface area (Å²) >= 11 is 3.48. The van der Waals surface area contributed by atoms with E-state index in [-0.39, 0.29) is 0 Å². The first-order valence-electron chi connectivity index (χ1n) is 6.78. The molecule has 1 saturated heterocycles. The van der Waals surface area contributed by atoms with E-state index in [1.807, 2.05) is 12.1 Å². The maximum absolute atomic E-state index is 6.15. The summed E-state index contributed by atoms with van der Waals surface area (Å²) in [5, 5.41) is 0. The highest BCUT2D eigenvalue weighted by Crippen LogP contribution is 2.44. The van der Waals surface area contributed by atoms with Crippen molar-refractivity contribution in [3.63, 3.8) is 0 Å². The van der Waals surface area contributed by atoms with Crippen LogP contribution in [0.25, 0.3) is 11.0 Å². The van der Waals surface area contributed by atoms with Crippen molar-refractivity contribution in [2.45, 2.75) is 31.4 Å². The summed E-state index contributed by atoms with van der Waals surface area (Å²) in [5.74, 6) is 1.33. The van der Waals surface area contributed by atoms with Crippen LogP contribution >= 0.6 is 15.9 Å². The van der Waals surface area contributed by atoms with Crippen molar-refractivity contribution in [2.24, 2.45) is 5.92 Å². The zero-order valence-corrected chi connectivity index (χ0v) is 12.1. The summed E-state index contributed by atoms with van der Waals surface area (Å²) in [6.07, 6.45) is 3.94. The second-order valence-corrected chi connectivity index (χ2v) is 6.42. The lowest BCUT2D eigenvalue weighted by atomic mass is 10.1. The molecule has 2 atom stereocenters. The van der Waals surface area contributed by atoms with Gasteiger partial charge in [-0.25, -0.2) is 4.98 Å². The average molecular weight is 322 g/mol. The summed E-state index contributed by atoms with van der Waals surface area (Å²) in [5.41, 5.74) is 8.21. The highest BCUT2D eigenvalue weighted by atomic mass is 79.9. The molecule has 1 aromatic carbocycles. The van der Waals surface area contributed by atoms with Crippen LogP contribution in [0.3, 0.4) is 0 Å². The standard InChI is InChI=1S/C14H16BrN3O/c15-9-3-4-11-10(7-9)17-14(16)18(11)12-5-6-19-13(12)8-1-2-8/h3-4,7-8,12-13H,1-2,5-6H2,(H2,16,17). The van der Waals surface area contributed by atoms with Gasteiger partial charge in [0.2, 0.25) is 5.95 Å². The van der Waals surface area contributed by atoms with Crippen LogP contribution in [0.15, 0.2) is 22.7 Å². The highest BCUT2D eigenvalue weighted by Gasteiger charge is 2.42. The van der Waals surface area contributed by atoms with Crippen molar-refractivity contribution in [1.29, 1.82) is 0 Å². The summed E-state index contributed by atoms with van der Waals surface area (Å²) in [6.45, 7) is 0.835. The molecular weight excluding hydrogens is 306 g/mol. The van der Waals surface area contributed by atoms with Crippen molar-refractivity contribution in [3.05, 3.63) is 22.7 Å². The number of nitrogens with zero attached hydrogens (tertiary/aromatic N) is 2. The molecule has 4 rings (SSSR count). The van der Waals surface area contributed by atoms with Crippen LogP contribution in [0.4, 0.5) is 5.95 Å². The third kappa shape index (κ3) is 1.87. The number of aromatic nitrogens is 2. The molecule has 5 heteroatoms. The van der Waals surface area contributed by atoms with Crippen LogP contribution in [-0.2, 0) is 4.74 Å². The van der Waals surface area contributed by atoms with Gasteiger partial charge >= 0.3 is 0 Å². The maximum Gasteiger partial charge on any atom is 0.201 e. The van der Waals surface area contributed by atoms with Crippen LogP contribution in [0.2, 0.25) is 0 Å². The predicted octanol–water partition coefficient (Wildman–Crippen LogP) is 3.12. The number of nitrogens with two attached hydrogens (primary N) is 1. The molecule has 1 aromatic heterocycles. The highest BCUT2D eigenvalue weighted by molar-refractivity contribution is 9.10. The van der Waals surface area contributed by atoms with Gasteiger partial charge in [-0.3, -0.25) is 0 Å². The van der Waals surface area contributed by atoms with Gasteiger partial charge in [-0.15, -0.1) is 0 Å². The number of halogens is 1. The Labute approximate surface area is 120 Å². The zero-order chi connectivity index (χ0) is 13.0. The molecule has 2 heterocycles. The molecule has 2 aliphatic rings. The Balaban J connectivity index is 1.83. The predicted molar refractivity (Wildman–Crippen MR) is 78.0 cm³/mol. The number of fused-ring (bicyclic) bond motifs is 1. The molecule has 2 unspecified atom stereocenters. The lowest BCUT2D eigenvalue weighted by Gasteiger charge is -2.21. The SMILES string of the molecule is Nc1nc2cc(Br)ccc2n1C1CCOC1C1CC1. The zero-order valence-electron chi connectivity index (χ0n) is 10.6. The van der Waals surface area contributed by atoms with E-state index in [1.54, 1.807) is 0 Å². The first-order chi connectivity index (χ1) is 9.24. The van der Waals surface area contributed by atoms with Gasteiger partial charge in [-0.05, 0) is 43.4 Å². The van der Waals surface area contributed by atoms with E-state index in [4.69, 9.17) is 10.5 Å². The van der Waals surface area contributed by atoms with Crippen LogP contribution < -0.4 is 5.73 Å². The lowest BCUT2D eigenvalue weighted by Crippen LogP contribution is -2.23. The van der Waals surface area contributed by atoms with Crippen molar-refractivity contribution in [2.75, 3.05) is 12.3 Å². The number of anilines is 1. The van der Waals surface area contributed by atoms with E-state index < -0.39 is 0 Å². The van der Waals surface area contributed by atoms with Crippen molar-refractivity contribution in [3.8, 4) is 0 Å². The second-order valence-electron chi connectivity index (χ2n) is 5.50. The quantitative estimate of drug-likeness (QED) is 0.924. The molecule has 100 valence electrons. The van der Waals surface area contributed by atoms with Crippen LogP contribution in [0.5, 0.6) is 0 Å². The minimum absolute atomic E-state index is 0.323. The fourth-order valence-electron chi connectivity index (χ4n) is 3.19. The number of hydrogen-bond donors (Lipinski definition) is 1. The Bertz CT molecular complexity index is 635. The third-order valence-electron chi connectivity index (χ3n) is 4.20. The van der Waals surface area contributed by atoms with Gasteiger partial charge in [0.05, 0.1) is 23.2 Å². The molecule has 0 amide bonds. The molecule has 1 aliphatic carbocycles. The number of imidazole rings is 1. The number of rotatable bonds is 2. The van der Waals surface area contributed by atoms with Crippen LogP contribution in [0.1, 0.15) is 25.3 Å². The Morgan fingerprint density at radius 2 is 2.16 bits per heavy atom. The molecule has 0 radical (unpaired) electrons. The average Bonchev–Trinajstić information content (AvgIpc) is 3.02. The van der Waals surface area contributed by atoms with Gasteiger partial charge in [0.25, 0.3) is 0 Å². The van der Waals surface area contributed by atoms with E-state index in [9.17, 15) is 0 Å². The minimum atomic E-state index is 0.323. The lowest BCUT2D eigenvalue weighted by molar-refractivity contribution is 0.0762. The first kappa shape index (κ1) is 11.7. The second kappa shape index (κ2) is 4.21. The van der Waals surface area contributed by atoms with Crippen molar-refractivity contribution >= 4 is 32.9 Å². The fraction of sp³-hybridized carbons (Fsp3) is 0.500. The van der Waals surface area contributed by atoms with E-state index in [0.29, 0.717) is 18.1 Å². The van der Waals surface area contributed by atoms with Crippen molar-refractivity contribution in [1.82, 2.24) is 9.55 Å². The Morgan fingerprint density at radius 3 is 2.95 bits per heavy atom. The Kier molecular flexibility index (Phi) is 2.60. The van der Waals surface area contributed by atoms with Gasteiger partial charge in [0.1, 0.15) is 0 Å². The Hall–Kier alpha value is -1.07. The summed E-state index contributed by atoms with van der Waals surface area (Å²) in [6, 6.07) is 6.50. The van der Waals surface area contributed by atoms with Gasteiger partial charge in [-0.2, -0.15) is 0 Å². The first-order valence-corrected chi connectivity index (χ1v) is 7.58. The maximum atomic E-state index is 6.15. The van der Waals surface area contributed by atoms with Crippen molar-refractivity contribution < 1.29 is 4.74 Å². The topological polar surface area (TPSA) is 53.1 Å². The van der Waals surface area contributed by atoms with Crippen LogP contribution in [-0.4, -0.2) is 22.3 Å². The molecule has 1 saturated carbocycles. The van der Waals surface area contributed by atoms with E-state index >= 15 is 0 Å². The summed E-state index contributed by atoms with van der Waals surface area (Å²) in [4.78, 5) is 4.49. The monoisotopic (exact) mass is 321 g/mol. The molecule has 0 spiro atoms. The minimum Gasteiger partial charge on any atom is -0.376 e. The van der Waals surface area contributed by atoms with E-state index in [2.05, 4.69) is 31.5 Å². The van der Waals surface area contributed by atoms with E-state index in [0.717, 1.165) is 34.5 Å². The van der Waals surface area contributed by atoms with E-state index in [1.165, 1.54) is 12.8 Å². The summed E-state index contributed by atoms with van der Waals surface area (Å²) < 4.78 is 9.14. The number of nitrogen functional groups attached to an aromatic ring is 1. The van der Waals surface area contributed by atoms with Gasteiger partial charge in [0, 0.05) is 11.1 Å². The molecular formula is C14H16BrN3O.